The Hall–Kier alpha value is -0.220. The number of fused-ring (bicyclic) bond motifs is 2. The number of rotatable bonds is 2. The minimum atomic E-state index is -2.18. The van der Waals surface area contributed by atoms with Crippen LogP contribution in [0.15, 0.2) is 0 Å². The summed E-state index contributed by atoms with van der Waals surface area (Å²) < 4.78 is 24.3. The SMILES string of the molecule is FC(F)CN1CCC2CCC(C1)N2. The molecule has 2 aliphatic heterocycles. The molecule has 0 aromatic heterocycles. The molecule has 2 aliphatic rings. The quantitative estimate of drug-likeness (QED) is 0.701. The van der Waals surface area contributed by atoms with Crippen molar-refractivity contribution in [2.45, 2.75) is 37.8 Å². The van der Waals surface area contributed by atoms with E-state index in [-0.39, 0.29) is 6.54 Å². The minimum absolute atomic E-state index is 0.0507. The second-order valence-corrected chi connectivity index (χ2v) is 4.08. The fraction of sp³-hybridized carbons (Fsp3) is 1.00. The van der Waals surface area contributed by atoms with Crippen LogP contribution in [0, 0.1) is 0 Å². The van der Waals surface area contributed by atoms with Crippen molar-refractivity contribution in [1.29, 1.82) is 0 Å². The highest BCUT2D eigenvalue weighted by Gasteiger charge is 2.29. The van der Waals surface area contributed by atoms with Gasteiger partial charge in [0.05, 0.1) is 6.54 Å². The van der Waals surface area contributed by atoms with E-state index >= 15 is 0 Å². The predicted octanol–water partition coefficient (Wildman–Crippen LogP) is 1.08. The van der Waals surface area contributed by atoms with Gasteiger partial charge in [0.25, 0.3) is 6.43 Å². The number of hydrogen-bond donors (Lipinski definition) is 1. The predicted molar refractivity (Wildman–Crippen MR) is 47.0 cm³/mol. The Morgan fingerprint density at radius 3 is 2.77 bits per heavy atom. The zero-order valence-electron chi connectivity index (χ0n) is 7.68. The Labute approximate surface area is 77.3 Å². The molecule has 1 N–H and O–H groups in total. The summed E-state index contributed by atoms with van der Waals surface area (Å²) in [5.74, 6) is 0. The van der Waals surface area contributed by atoms with E-state index in [9.17, 15) is 8.78 Å². The van der Waals surface area contributed by atoms with Crippen LogP contribution in [0.2, 0.25) is 0 Å². The molecule has 76 valence electrons. The number of nitrogens with one attached hydrogen (secondary N) is 1. The molecule has 0 saturated carbocycles. The normalized spacial score (nSPS) is 35.3. The maximum absolute atomic E-state index is 12.1. The van der Waals surface area contributed by atoms with Crippen molar-refractivity contribution in [2.24, 2.45) is 0 Å². The van der Waals surface area contributed by atoms with E-state index in [1.54, 1.807) is 0 Å². The summed E-state index contributed by atoms with van der Waals surface area (Å²) in [4.78, 5) is 1.89. The molecule has 2 bridgehead atoms. The number of likely N-dealkylation sites (tertiary alicyclic amines) is 1. The van der Waals surface area contributed by atoms with Gasteiger partial charge in [0, 0.05) is 18.6 Å². The van der Waals surface area contributed by atoms with Crippen molar-refractivity contribution in [1.82, 2.24) is 10.2 Å². The monoisotopic (exact) mass is 190 g/mol. The van der Waals surface area contributed by atoms with E-state index in [2.05, 4.69) is 5.32 Å². The van der Waals surface area contributed by atoms with Gasteiger partial charge in [-0.25, -0.2) is 8.78 Å². The molecule has 0 amide bonds. The van der Waals surface area contributed by atoms with E-state index in [1.165, 1.54) is 6.42 Å². The largest absolute Gasteiger partial charge is 0.310 e. The summed E-state index contributed by atoms with van der Waals surface area (Å²) >= 11 is 0. The molecule has 2 nitrogen and oxygen atoms in total. The summed E-state index contributed by atoms with van der Waals surface area (Å²) in [6, 6.07) is 1.05. The number of alkyl halides is 2. The van der Waals surface area contributed by atoms with Gasteiger partial charge in [-0.3, -0.25) is 4.90 Å². The summed E-state index contributed by atoms with van der Waals surface area (Å²) in [6.45, 7) is 1.59. The van der Waals surface area contributed by atoms with Crippen molar-refractivity contribution in [3.63, 3.8) is 0 Å². The summed E-state index contributed by atoms with van der Waals surface area (Å²) in [7, 11) is 0. The molecule has 0 spiro atoms. The van der Waals surface area contributed by atoms with Crippen molar-refractivity contribution < 1.29 is 8.78 Å². The molecule has 13 heavy (non-hydrogen) atoms. The van der Waals surface area contributed by atoms with Crippen molar-refractivity contribution in [2.75, 3.05) is 19.6 Å². The van der Waals surface area contributed by atoms with E-state index in [0.29, 0.717) is 12.1 Å². The molecule has 2 fully saturated rings. The zero-order valence-corrected chi connectivity index (χ0v) is 7.68. The fourth-order valence-electron chi connectivity index (χ4n) is 2.38. The molecular formula is C9H16F2N2. The molecule has 0 aromatic carbocycles. The molecule has 0 aromatic rings. The first-order valence-electron chi connectivity index (χ1n) is 5.00. The van der Waals surface area contributed by atoms with Crippen molar-refractivity contribution >= 4 is 0 Å². The average molecular weight is 190 g/mol. The number of halogens is 2. The Morgan fingerprint density at radius 2 is 2.00 bits per heavy atom. The van der Waals surface area contributed by atoms with Gasteiger partial charge in [0.2, 0.25) is 0 Å². The van der Waals surface area contributed by atoms with Gasteiger partial charge in [-0.05, 0) is 25.8 Å². The smallest absolute Gasteiger partial charge is 0.251 e. The van der Waals surface area contributed by atoms with Crippen LogP contribution in [-0.2, 0) is 0 Å². The Morgan fingerprint density at radius 1 is 1.23 bits per heavy atom. The van der Waals surface area contributed by atoms with E-state index in [0.717, 1.165) is 25.9 Å². The van der Waals surface area contributed by atoms with Gasteiger partial charge in [-0.2, -0.15) is 0 Å². The van der Waals surface area contributed by atoms with Gasteiger partial charge in [0.1, 0.15) is 0 Å². The Bertz CT molecular complexity index is 175. The second kappa shape index (κ2) is 3.88. The first kappa shape index (κ1) is 9.34. The average Bonchev–Trinajstić information content (AvgIpc) is 2.36. The highest BCUT2D eigenvalue weighted by Crippen LogP contribution is 2.20. The summed E-state index contributed by atoms with van der Waals surface area (Å²) in [6.07, 6.45) is 1.23. The fourth-order valence-corrected chi connectivity index (χ4v) is 2.38. The van der Waals surface area contributed by atoms with Crippen LogP contribution < -0.4 is 5.32 Å². The molecule has 0 radical (unpaired) electrons. The lowest BCUT2D eigenvalue weighted by Crippen LogP contribution is -2.37. The van der Waals surface area contributed by atoms with E-state index in [4.69, 9.17) is 0 Å². The van der Waals surface area contributed by atoms with Crippen LogP contribution in [0.4, 0.5) is 8.78 Å². The van der Waals surface area contributed by atoms with Crippen LogP contribution in [0.3, 0.4) is 0 Å². The number of hydrogen-bond acceptors (Lipinski definition) is 2. The third-order valence-corrected chi connectivity index (χ3v) is 3.00. The van der Waals surface area contributed by atoms with Crippen LogP contribution in [-0.4, -0.2) is 43.0 Å². The lowest BCUT2D eigenvalue weighted by molar-refractivity contribution is 0.0859. The maximum Gasteiger partial charge on any atom is 0.251 e. The molecule has 4 heteroatoms. The van der Waals surface area contributed by atoms with Gasteiger partial charge in [-0.15, -0.1) is 0 Å². The third-order valence-electron chi connectivity index (χ3n) is 3.00. The molecule has 2 atom stereocenters. The summed E-state index contributed by atoms with van der Waals surface area (Å²) in [5, 5.41) is 3.47. The zero-order chi connectivity index (χ0) is 9.26. The topological polar surface area (TPSA) is 15.3 Å². The van der Waals surface area contributed by atoms with Gasteiger partial charge >= 0.3 is 0 Å². The van der Waals surface area contributed by atoms with Crippen LogP contribution in [0.1, 0.15) is 19.3 Å². The van der Waals surface area contributed by atoms with Crippen LogP contribution >= 0.6 is 0 Å². The molecular weight excluding hydrogens is 174 g/mol. The van der Waals surface area contributed by atoms with Gasteiger partial charge in [-0.1, -0.05) is 0 Å². The number of nitrogens with zero attached hydrogens (tertiary/aromatic N) is 1. The third kappa shape index (κ3) is 2.38. The standard InChI is InChI=1S/C9H16F2N2/c10-9(11)6-13-4-3-7-1-2-8(5-13)12-7/h7-9,12H,1-6H2. The van der Waals surface area contributed by atoms with Crippen LogP contribution in [0.5, 0.6) is 0 Å². The lowest BCUT2D eigenvalue weighted by atomic mass is 10.1. The molecule has 0 aliphatic carbocycles. The van der Waals surface area contributed by atoms with Crippen LogP contribution in [0.25, 0.3) is 0 Å². The molecule has 2 heterocycles. The summed E-state index contributed by atoms with van der Waals surface area (Å²) in [5.41, 5.74) is 0. The first-order chi connectivity index (χ1) is 6.24. The molecule has 2 rings (SSSR count). The molecule has 2 saturated heterocycles. The first-order valence-corrected chi connectivity index (χ1v) is 5.00. The van der Waals surface area contributed by atoms with Gasteiger partial charge in [0.15, 0.2) is 0 Å². The maximum atomic E-state index is 12.1. The second-order valence-electron chi connectivity index (χ2n) is 4.08. The Balaban J connectivity index is 1.86. The van der Waals surface area contributed by atoms with Crippen molar-refractivity contribution in [3.8, 4) is 0 Å². The Kier molecular flexibility index (Phi) is 2.79. The minimum Gasteiger partial charge on any atom is -0.310 e. The van der Waals surface area contributed by atoms with Gasteiger partial charge < -0.3 is 5.32 Å². The highest BCUT2D eigenvalue weighted by atomic mass is 19.3. The van der Waals surface area contributed by atoms with E-state index < -0.39 is 6.43 Å². The van der Waals surface area contributed by atoms with E-state index in [1.807, 2.05) is 4.90 Å². The lowest BCUT2D eigenvalue weighted by Gasteiger charge is -2.23. The highest BCUT2D eigenvalue weighted by molar-refractivity contribution is 4.89. The van der Waals surface area contributed by atoms with Crippen molar-refractivity contribution in [3.05, 3.63) is 0 Å². The molecule has 2 unspecified atom stereocenters.